The Morgan fingerprint density at radius 3 is 3.00 bits per heavy atom. The van der Waals surface area contributed by atoms with Crippen LogP contribution in [0.3, 0.4) is 0 Å². The summed E-state index contributed by atoms with van der Waals surface area (Å²) in [5, 5.41) is 3.47. The summed E-state index contributed by atoms with van der Waals surface area (Å²) in [5.74, 6) is 0.754. The molecule has 1 atom stereocenters. The number of nitrogens with zero attached hydrogens (tertiary/aromatic N) is 1. The Morgan fingerprint density at radius 2 is 2.27 bits per heavy atom. The fraction of sp³-hybridized carbons (Fsp3) is 1.00. The third kappa shape index (κ3) is 6.13. The van der Waals surface area contributed by atoms with Crippen LogP contribution >= 0.6 is 0 Å². The number of rotatable bonds is 4. The molecule has 1 aliphatic heterocycles. The molecule has 15 heavy (non-hydrogen) atoms. The summed E-state index contributed by atoms with van der Waals surface area (Å²) in [6.07, 6.45) is 1.62. The van der Waals surface area contributed by atoms with Gasteiger partial charge in [0.15, 0.2) is 0 Å². The summed E-state index contributed by atoms with van der Waals surface area (Å²) in [4.78, 5) is 2.54. The highest BCUT2D eigenvalue weighted by atomic mass is 16.5. The Labute approximate surface area is 94.2 Å². The number of hydrogen-bond donors (Lipinski definition) is 1. The Balaban J connectivity index is 2.18. The van der Waals surface area contributed by atoms with E-state index in [-0.39, 0.29) is 0 Å². The minimum Gasteiger partial charge on any atom is -0.377 e. The van der Waals surface area contributed by atoms with Crippen LogP contribution in [0.1, 0.15) is 27.2 Å². The van der Waals surface area contributed by atoms with Crippen molar-refractivity contribution in [1.82, 2.24) is 10.2 Å². The molecule has 1 aliphatic rings. The van der Waals surface area contributed by atoms with E-state index in [2.05, 4.69) is 31.0 Å². The van der Waals surface area contributed by atoms with Crippen LogP contribution in [0.2, 0.25) is 0 Å². The summed E-state index contributed by atoms with van der Waals surface area (Å²) in [5.41, 5.74) is 0. The van der Waals surface area contributed by atoms with Gasteiger partial charge in [-0.2, -0.15) is 0 Å². The molecule has 0 aromatic carbocycles. The molecule has 0 aliphatic carbocycles. The lowest BCUT2D eigenvalue weighted by molar-refractivity contribution is 0.0546. The molecule has 1 unspecified atom stereocenters. The molecule has 0 spiro atoms. The largest absolute Gasteiger partial charge is 0.377 e. The van der Waals surface area contributed by atoms with Crippen LogP contribution in [0.4, 0.5) is 0 Å². The van der Waals surface area contributed by atoms with Crippen molar-refractivity contribution in [2.24, 2.45) is 5.92 Å². The number of nitrogens with one attached hydrogen (secondary N) is 1. The van der Waals surface area contributed by atoms with Gasteiger partial charge in [0.2, 0.25) is 0 Å². The molecule has 1 rings (SSSR count). The monoisotopic (exact) mass is 214 g/mol. The minimum atomic E-state index is 0.360. The van der Waals surface area contributed by atoms with Crippen LogP contribution in [-0.4, -0.2) is 50.3 Å². The molecule has 1 heterocycles. The predicted octanol–water partition coefficient (Wildman–Crippen LogP) is 1.34. The van der Waals surface area contributed by atoms with Gasteiger partial charge in [-0.05, 0) is 45.8 Å². The lowest BCUT2D eigenvalue weighted by atomic mass is 10.1. The summed E-state index contributed by atoms with van der Waals surface area (Å²) >= 11 is 0. The zero-order valence-corrected chi connectivity index (χ0v) is 10.5. The van der Waals surface area contributed by atoms with Crippen molar-refractivity contribution in [3.63, 3.8) is 0 Å². The summed E-state index contributed by atoms with van der Waals surface area (Å²) in [6, 6.07) is 0. The van der Waals surface area contributed by atoms with Crippen molar-refractivity contribution in [2.75, 3.05) is 39.3 Å². The first-order chi connectivity index (χ1) is 7.18. The van der Waals surface area contributed by atoms with E-state index in [0.29, 0.717) is 6.10 Å². The van der Waals surface area contributed by atoms with Gasteiger partial charge in [0, 0.05) is 13.1 Å². The highest BCUT2D eigenvalue weighted by Gasteiger charge is 2.12. The predicted molar refractivity (Wildman–Crippen MR) is 64.2 cm³/mol. The van der Waals surface area contributed by atoms with Gasteiger partial charge in [-0.3, -0.25) is 0 Å². The molecule has 0 aromatic heterocycles. The van der Waals surface area contributed by atoms with Gasteiger partial charge >= 0.3 is 0 Å². The van der Waals surface area contributed by atoms with E-state index in [9.17, 15) is 0 Å². The first kappa shape index (κ1) is 12.9. The maximum atomic E-state index is 5.59. The van der Waals surface area contributed by atoms with Crippen molar-refractivity contribution < 1.29 is 4.74 Å². The third-order valence-electron chi connectivity index (χ3n) is 2.75. The second-order valence-electron chi connectivity index (χ2n) is 4.88. The highest BCUT2D eigenvalue weighted by molar-refractivity contribution is 4.69. The van der Waals surface area contributed by atoms with Gasteiger partial charge in [-0.1, -0.05) is 6.92 Å². The molecule has 0 saturated carbocycles. The van der Waals surface area contributed by atoms with E-state index in [1.807, 2.05) is 0 Å². The van der Waals surface area contributed by atoms with Crippen molar-refractivity contribution in [3.8, 4) is 0 Å². The van der Waals surface area contributed by atoms with Crippen LogP contribution in [0.25, 0.3) is 0 Å². The molecular weight excluding hydrogens is 188 g/mol. The Morgan fingerprint density at radius 1 is 1.47 bits per heavy atom. The van der Waals surface area contributed by atoms with Crippen molar-refractivity contribution >= 4 is 0 Å². The molecule has 0 radical (unpaired) electrons. The summed E-state index contributed by atoms with van der Waals surface area (Å²) < 4.78 is 5.59. The Kier molecular flexibility index (Phi) is 6.22. The molecule has 1 saturated heterocycles. The minimum absolute atomic E-state index is 0.360. The lowest BCUT2D eigenvalue weighted by Gasteiger charge is -2.28. The smallest absolute Gasteiger partial charge is 0.0596 e. The average molecular weight is 214 g/mol. The summed E-state index contributed by atoms with van der Waals surface area (Å²) in [6.45, 7) is 13.2. The second kappa shape index (κ2) is 7.20. The maximum absolute atomic E-state index is 5.59. The van der Waals surface area contributed by atoms with Crippen molar-refractivity contribution in [2.45, 2.75) is 33.3 Å². The molecule has 3 heteroatoms. The molecule has 0 aromatic rings. The standard InChI is InChI=1S/C12H26N2O/c1-11(2)15-8-7-14-6-4-5-13-9-12(3)10-14/h11-13H,4-10H2,1-3H3. The Bertz CT molecular complexity index is 162. The molecular formula is C12H26N2O. The number of ether oxygens (including phenoxy) is 1. The molecule has 3 nitrogen and oxygen atoms in total. The van der Waals surface area contributed by atoms with Gasteiger partial charge in [0.1, 0.15) is 0 Å². The quantitative estimate of drug-likeness (QED) is 0.764. The zero-order chi connectivity index (χ0) is 11.1. The van der Waals surface area contributed by atoms with E-state index in [1.54, 1.807) is 0 Å². The van der Waals surface area contributed by atoms with E-state index >= 15 is 0 Å². The van der Waals surface area contributed by atoms with Crippen LogP contribution in [0, 0.1) is 5.92 Å². The molecule has 1 fully saturated rings. The molecule has 0 amide bonds. The van der Waals surface area contributed by atoms with E-state index in [1.165, 1.54) is 19.5 Å². The first-order valence-corrected chi connectivity index (χ1v) is 6.23. The van der Waals surface area contributed by atoms with E-state index in [0.717, 1.165) is 32.2 Å². The molecule has 1 N–H and O–H groups in total. The fourth-order valence-electron chi connectivity index (χ4n) is 1.99. The lowest BCUT2D eigenvalue weighted by Crippen LogP contribution is -2.40. The average Bonchev–Trinajstić information content (AvgIpc) is 2.12. The second-order valence-corrected chi connectivity index (χ2v) is 4.88. The van der Waals surface area contributed by atoms with Gasteiger partial charge in [-0.15, -0.1) is 0 Å². The van der Waals surface area contributed by atoms with Gasteiger partial charge < -0.3 is 15.0 Å². The van der Waals surface area contributed by atoms with Crippen molar-refractivity contribution in [3.05, 3.63) is 0 Å². The van der Waals surface area contributed by atoms with Crippen LogP contribution in [-0.2, 0) is 4.74 Å². The third-order valence-corrected chi connectivity index (χ3v) is 2.75. The SMILES string of the molecule is CC1CNCCCN(CCOC(C)C)C1. The van der Waals surface area contributed by atoms with E-state index in [4.69, 9.17) is 4.74 Å². The van der Waals surface area contributed by atoms with E-state index < -0.39 is 0 Å². The molecule has 90 valence electrons. The fourth-order valence-corrected chi connectivity index (χ4v) is 1.99. The Hall–Kier alpha value is -0.120. The summed E-state index contributed by atoms with van der Waals surface area (Å²) in [7, 11) is 0. The van der Waals surface area contributed by atoms with Crippen LogP contribution in [0.5, 0.6) is 0 Å². The van der Waals surface area contributed by atoms with Crippen LogP contribution < -0.4 is 5.32 Å². The van der Waals surface area contributed by atoms with Crippen molar-refractivity contribution in [1.29, 1.82) is 0 Å². The first-order valence-electron chi connectivity index (χ1n) is 6.23. The van der Waals surface area contributed by atoms with Crippen LogP contribution in [0.15, 0.2) is 0 Å². The highest BCUT2D eigenvalue weighted by Crippen LogP contribution is 2.03. The normalized spacial score (nSPS) is 25.2. The van der Waals surface area contributed by atoms with Gasteiger partial charge in [0.25, 0.3) is 0 Å². The zero-order valence-electron chi connectivity index (χ0n) is 10.5. The van der Waals surface area contributed by atoms with Gasteiger partial charge in [-0.25, -0.2) is 0 Å². The number of hydrogen-bond acceptors (Lipinski definition) is 3. The van der Waals surface area contributed by atoms with Gasteiger partial charge in [0.05, 0.1) is 12.7 Å². The topological polar surface area (TPSA) is 24.5 Å². The maximum Gasteiger partial charge on any atom is 0.0596 e. The molecule has 0 bridgehead atoms.